The molecule has 0 bridgehead atoms. The van der Waals surface area contributed by atoms with Crippen molar-refractivity contribution >= 4 is 23.2 Å². The molecule has 1 aliphatic rings. The number of halogens is 3. The van der Waals surface area contributed by atoms with Crippen molar-refractivity contribution in [2.45, 2.75) is 13.0 Å². The van der Waals surface area contributed by atoms with E-state index in [1.807, 2.05) is 11.9 Å². The predicted octanol–water partition coefficient (Wildman–Crippen LogP) is 2.47. The van der Waals surface area contributed by atoms with E-state index in [4.69, 9.17) is 5.73 Å². The first-order valence-corrected chi connectivity index (χ1v) is 10.8. The van der Waals surface area contributed by atoms with Gasteiger partial charge in [0.05, 0.1) is 29.7 Å². The number of nitrogens with two attached hydrogens (primary N) is 1. The number of primary amides is 1. The molecule has 0 unspecified atom stereocenters. The molecule has 4 rings (SSSR count). The fourth-order valence-electron chi connectivity index (χ4n) is 3.78. The maximum absolute atomic E-state index is 14.0. The number of rotatable bonds is 7. The lowest BCUT2D eigenvalue weighted by atomic mass is 10.1. The summed E-state index contributed by atoms with van der Waals surface area (Å²) in [4.78, 5) is 36.4. The molecule has 1 aromatic carbocycles. The molecule has 3 N–H and O–H groups in total. The van der Waals surface area contributed by atoms with Crippen molar-refractivity contribution in [3.05, 3.63) is 82.7 Å². The van der Waals surface area contributed by atoms with Crippen LogP contribution in [0, 0.1) is 17.5 Å². The van der Waals surface area contributed by atoms with Crippen LogP contribution >= 0.6 is 0 Å². The summed E-state index contributed by atoms with van der Waals surface area (Å²) in [7, 11) is 1.89. The van der Waals surface area contributed by atoms with Gasteiger partial charge in [-0.15, -0.1) is 0 Å². The molecule has 0 saturated carbocycles. The number of carbonyl (C=O) groups is 2. The lowest BCUT2D eigenvalue weighted by molar-refractivity contribution is -0.120. The SMILES string of the molecule is CN1CCN(c2ccc(Cc3cc(NCc4c(F)ccc(F)c4F)c(C(N)=O)cn3)nc2)C(=O)C1. The molecule has 0 spiro atoms. The van der Waals surface area contributed by atoms with Gasteiger partial charge in [-0.2, -0.15) is 0 Å². The van der Waals surface area contributed by atoms with Crippen LogP contribution in [-0.2, 0) is 17.8 Å². The van der Waals surface area contributed by atoms with E-state index in [9.17, 15) is 22.8 Å². The van der Waals surface area contributed by atoms with Crippen LogP contribution in [-0.4, -0.2) is 53.4 Å². The maximum atomic E-state index is 14.0. The van der Waals surface area contributed by atoms with E-state index in [1.165, 1.54) is 12.3 Å². The minimum Gasteiger partial charge on any atom is -0.380 e. The number of carbonyl (C=O) groups excluding carboxylic acids is 2. The number of amides is 2. The normalized spacial score (nSPS) is 14.3. The standard InChI is InChI=1S/C24H23F3N6O2/c1-32-6-7-33(22(34)13-32)16-3-2-14(29-10-16)8-15-9-21(18(12-30-15)24(28)35)31-11-17-19(25)4-5-20(26)23(17)27/h2-5,9-10,12H,6-8,11,13H2,1H3,(H2,28,35)(H,30,31). The average molecular weight is 484 g/mol. The van der Waals surface area contributed by atoms with Crippen molar-refractivity contribution in [3.8, 4) is 0 Å². The third kappa shape index (κ3) is 5.40. The van der Waals surface area contributed by atoms with Crippen LogP contribution in [0.15, 0.2) is 42.7 Å². The van der Waals surface area contributed by atoms with Gasteiger partial charge in [-0.05, 0) is 37.4 Å². The number of hydrogen-bond acceptors (Lipinski definition) is 6. The van der Waals surface area contributed by atoms with Gasteiger partial charge in [0, 0.05) is 49.2 Å². The largest absolute Gasteiger partial charge is 0.380 e. The summed E-state index contributed by atoms with van der Waals surface area (Å²) < 4.78 is 41.5. The van der Waals surface area contributed by atoms with Crippen LogP contribution in [0.5, 0.6) is 0 Å². The van der Waals surface area contributed by atoms with E-state index in [0.29, 0.717) is 36.2 Å². The van der Waals surface area contributed by atoms with Gasteiger partial charge in [0.1, 0.15) is 5.82 Å². The van der Waals surface area contributed by atoms with Gasteiger partial charge >= 0.3 is 0 Å². The Kier molecular flexibility index (Phi) is 6.97. The Balaban J connectivity index is 1.51. The van der Waals surface area contributed by atoms with Crippen molar-refractivity contribution in [1.82, 2.24) is 14.9 Å². The molecular weight excluding hydrogens is 461 g/mol. The lowest BCUT2D eigenvalue weighted by Crippen LogP contribution is -2.48. The quantitative estimate of drug-likeness (QED) is 0.500. The molecule has 1 fully saturated rings. The van der Waals surface area contributed by atoms with Crippen LogP contribution in [0.2, 0.25) is 0 Å². The van der Waals surface area contributed by atoms with Crippen molar-refractivity contribution in [1.29, 1.82) is 0 Å². The third-order valence-electron chi connectivity index (χ3n) is 5.72. The maximum Gasteiger partial charge on any atom is 0.252 e. The molecule has 11 heteroatoms. The zero-order valence-electron chi connectivity index (χ0n) is 18.9. The molecule has 182 valence electrons. The van der Waals surface area contributed by atoms with Gasteiger partial charge in [-0.1, -0.05) is 0 Å². The molecule has 3 heterocycles. The summed E-state index contributed by atoms with van der Waals surface area (Å²) in [5.74, 6) is -4.20. The van der Waals surface area contributed by atoms with Crippen molar-refractivity contribution in [3.63, 3.8) is 0 Å². The van der Waals surface area contributed by atoms with Gasteiger partial charge in [0.25, 0.3) is 5.91 Å². The highest BCUT2D eigenvalue weighted by atomic mass is 19.2. The number of nitrogens with one attached hydrogen (secondary N) is 1. The minimum atomic E-state index is -1.31. The second-order valence-corrected chi connectivity index (χ2v) is 8.23. The van der Waals surface area contributed by atoms with E-state index in [2.05, 4.69) is 15.3 Å². The van der Waals surface area contributed by atoms with E-state index < -0.39 is 35.5 Å². The fraction of sp³-hybridized carbons (Fsp3) is 0.250. The van der Waals surface area contributed by atoms with Crippen LogP contribution in [0.25, 0.3) is 0 Å². The van der Waals surface area contributed by atoms with Crippen LogP contribution < -0.4 is 16.0 Å². The third-order valence-corrected chi connectivity index (χ3v) is 5.72. The second-order valence-electron chi connectivity index (χ2n) is 8.23. The highest BCUT2D eigenvalue weighted by Gasteiger charge is 2.23. The molecule has 2 aromatic heterocycles. The fourth-order valence-corrected chi connectivity index (χ4v) is 3.78. The molecule has 0 aliphatic carbocycles. The number of nitrogens with zero attached hydrogens (tertiary/aromatic N) is 4. The Hall–Kier alpha value is -3.99. The Morgan fingerprint density at radius 1 is 1.06 bits per heavy atom. The molecular formula is C24H23F3N6O2. The number of anilines is 2. The second kappa shape index (κ2) is 10.1. The Morgan fingerprint density at radius 3 is 2.49 bits per heavy atom. The number of benzene rings is 1. The molecule has 0 radical (unpaired) electrons. The molecule has 0 atom stereocenters. The van der Waals surface area contributed by atoms with Gasteiger partial charge in [-0.3, -0.25) is 24.5 Å². The average Bonchev–Trinajstić information content (AvgIpc) is 2.82. The van der Waals surface area contributed by atoms with Gasteiger partial charge in [0.15, 0.2) is 11.6 Å². The number of pyridine rings is 2. The monoisotopic (exact) mass is 484 g/mol. The summed E-state index contributed by atoms with van der Waals surface area (Å²) in [6.45, 7) is 1.28. The molecule has 2 amide bonds. The molecule has 8 nitrogen and oxygen atoms in total. The zero-order valence-corrected chi connectivity index (χ0v) is 18.9. The minimum absolute atomic E-state index is 0.00102. The van der Waals surface area contributed by atoms with Crippen molar-refractivity contribution in [2.75, 3.05) is 36.9 Å². The first kappa shape index (κ1) is 24.1. The van der Waals surface area contributed by atoms with E-state index in [1.54, 1.807) is 23.2 Å². The molecule has 1 aliphatic heterocycles. The summed E-state index contributed by atoms with van der Waals surface area (Å²) in [5.41, 5.74) is 6.98. The molecule has 1 saturated heterocycles. The topological polar surface area (TPSA) is 104 Å². The van der Waals surface area contributed by atoms with E-state index >= 15 is 0 Å². The summed E-state index contributed by atoms with van der Waals surface area (Å²) in [5, 5.41) is 2.75. The van der Waals surface area contributed by atoms with Gasteiger partial charge < -0.3 is 16.0 Å². The van der Waals surface area contributed by atoms with Crippen molar-refractivity contribution < 1.29 is 22.8 Å². The zero-order chi connectivity index (χ0) is 25.1. The Labute approximate surface area is 199 Å². The molecule has 35 heavy (non-hydrogen) atoms. The van der Waals surface area contributed by atoms with Crippen LogP contribution in [0.3, 0.4) is 0 Å². The number of hydrogen-bond donors (Lipinski definition) is 2. The Bertz CT molecular complexity index is 1270. The predicted molar refractivity (Wildman–Crippen MR) is 123 cm³/mol. The van der Waals surface area contributed by atoms with Crippen LogP contribution in [0.1, 0.15) is 27.3 Å². The smallest absolute Gasteiger partial charge is 0.252 e. The highest BCUT2D eigenvalue weighted by Crippen LogP contribution is 2.22. The summed E-state index contributed by atoms with van der Waals surface area (Å²) in [6.07, 6.45) is 3.16. The van der Waals surface area contributed by atoms with Gasteiger partial charge in [0.2, 0.25) is 5.91 Å². The number of piperazine rings is 1. The van der Waals surface area contributed by atoms with E-state index in [0.717, 1.165) is 12.6 Å². The number of aromatic nitrogens is 2. The van der Waals surface area contributed by atoms with Crippen LogP contribution in [0.4, 0.5) is 24.5 Å². The summed E-state index contributed by atoms with van der Waals surface area (Å²) >= 11 is 0. The lowest BCUT2D eigenvalue weighted by Gasteiger charge is -2.31. The first-order valence-electron chi connectivity index (χ1n) is 10.8. The van der Waals surface area contributed by atoms with E-state index in [-0.39, 0.29) is 23.6 Å². The van der Waals surface area contributed by atoms with Crippen molar-refractivity contribution in [2.24, 2.45) is 5.73 Å². The van der Waals surface area contributed by atoms with Gasteiger partial charge in [-0.25, -0.2) is 13.2 Å². The highest BCUT2D eigenvalue weighted by molar-refractivity contribution is 5.98. The first-order chi connectivity index (χ1) is 16.7. The summed E-state index contributed by atoms with van der Waals surface area (Å²) in [6, 6.07) is 6.63. The Morgan fingerprint density at radius 2 is 1.80 bits per heavy atom. The number of likely N-dealkylation sites (N-methyl/N-ethyl adjacent to an activating group) is 1. The molecule has 3 aromatic rings.